The van der Waals surface area contributed by atoms with Gasteiger partial charge >= 0.3 is 6.03 Å². The Kier molecular flexibility index (Phi) is 21.4. The van der Waals surface area contributed by atoms with Crippen LogP contribution in [0.2, 0.25) is 0 Å². The molecule has 2 saturated heterocycles. The van der Waals surface area contributed by atoms with Crippen molar-refractivity contribution >= 4 is 65.1 Å². The van der Waals surface area contributed by atoms with Gasteiger partial charge in [-0.3, -0.25) is 43.6 Å². The zero-order valence-electron chi connectivity index (χ0n) is 35.3. The fraction of sp³-hybridized carbons (Fsp3) is 0.684. The summed E-state index contributed by atoms with van der Waals surface area (Å²) in [7, 11) is 0. The lowest BCUT2D eigenvalue weighted by molar-refractivity contribution is -0.137. The normalized spacial score (nSPS) is 19.0. The van der Waals surface area contributed by atoms with Crippen LogP contribution in [0.15, 0.2) is 12.5 Å². The van der Waals surface area contributed by atoms with Crippen molar-refractivity contribution in [2.75, 3.05) is 25.4 Å². The molecule has 0 bridgehead atoms. The van der Waals surface area contributed by atoms with E-state index in [9.17, 15) is 48.3 Å². The Balaban J connectivity index is 1.37. The first-order chi connectivity index (χ1) is 29.5. The van der Waals surface area contributed by atoms with Crippen LogP contribution in [0.5, 0.6) is 0 Å². The number of nitrogens with one attached hydrogen (secondary N) is 10. The maximum Gasteiger partial charge on any atom is 0.315 e. The number of amides is 10. The number of aliphatic hydroxyl groups is 1. The van der Waals surface area contributed by atoms with E-state index in [2.05, 4.69) is 52.5 Å². The number of nitrogens with zero attached hydrogens (tertiary/aromatic N) is 1. The fourth-order valence-corrected chi connectivity index (χ4v) is 8.55. The van der Waals surface area contributed by atoms with Crippen molar-refractivity contribution in [2.45, 2.75) is 127 Å². The van der Waals surface area contributed by atoms with Gasteiger partial charge in [0, 0.05) is 54.6 Å². The van der Waals surface area contributed by atoms with Crippen LogP contribution in [0.3, 0.4) is 0 Å². The quantitative estimate of drug-likeness (QED) is 0.0174. The predicted molar refractivity (Wildman–Crippen MR) is 223 cm³/mol. The van der Waals surface area contributed by atoms with Crippen LogP contribution in [0.4, 0.5) is 4.79 Å². The molecule has 10 amide bonds. The van der Waals surface area contributed by atoms with Crippen molar-refractivity contribution in [3.63, 3.8) is 0 Å². The lowest BCUT2D eigenvalue weighted by Crippen LogP contribution is -2.58. The standard InChI is InChI=1S/C38H62N12O11S/c1-20(2)12-22(13-29(53)50-61)35(57)46-25(14-23-15-40-19-44-23)36(58)48-32(21(3)51)37(59)43-16-30(54)42-17-31(55)45-24(34(39)56)8-6-7-11-41-28(52)10-5-4-9-27-33-26(18-62-27)47-38(60)49-33/h15,19-22,24-27,32-33,51,61H,4-14,16-18H2,1-3H3,(H2,39,56)(H,40,44)(H,41,52)(H,42,54)(H,43,59)(H,45,55)(H,46,57)(H,48,58)(H,50,53)(H2,47,49,60)/t21-,22?,24+,25+,26+,27+,32+,33+/m1/s1. The van der Waals surface area contributed by atoms with Gasteiger partial charge < -0.3 is 58.4 Å². The molecular formula is C38H62N12O11S. The van der Waals surface area contributed by atoms with Crippen LogP contribution in [-0.2, 0) is 44.8 Å². The van der Waals surface area contributed by atoms with Crippen LogP contribution in [0, 0.1) is 11.8 Å². The smallest absolute Gasteiger partial charge is 0.315 e. The summed E-state index contributed by atoms with van der Waals surface area (Å²) in [6.45, 7) is 4.02. The molecule has 3 rings (SSSR count). The van der Waals surface area contributed by atoms with Crippen molar-refractivity contribution < 1.29 is 53.5 Å². The van der Waals surface area contributed by atoms with Gasteiger partial charge in [0.2, 0.25) is 47.3 Å². The molecular weight excluding hydrogens is 833 g/mol. The van der Waals surface area contributed by atoms with Crippen molar-refractivity contribution in [3.8, 4) is 0 Å². The van der Waals surface area contributed by atoms with Gasteiger partial charge in [0.15, 0.2) is 0 Å². The number of carbonyl (C=O) groups excluding carboxylic acids is 9. The number of rotatable bonds is 28. The molecule has 2 aliphatic heterocycles. The number of fused-ring (bicyclic) bond motifs is 1. The minimum atomic E-state index is -1.59. The molecule has 0 aliphatic carbocycles. The highest BCUT2D eigenvalue weighted by molar-refractivity contribution is 8.00. The molecule has 23 nitrogen and oxygen atoms in total. The molecule has 0 spiro atoms. The molecule has 14 N–H and O–H groups in total. The highest BCUT2D eigenvalue weighted by Crippen LogP contribution is 2.33. The number of urea groups is 1. The number of primary amides is 1. The van der Waals surface area contributed by atoms with Gasteiger partial charge in [0.25, 0.3) is 0 Å². The number of nitrogens with two attached hydrogens (primary N) is 1. The highest BCUT2D eigenvalue weighted by atomic mass is 32.2. The average Bonchev–Trinajstić information content (AvgIpc) is 3.96. The number of hydrogen-bond donors (Lipinski definition) is 13. The number of carbonyl (C=O) groups is 9. The SMILES string of the molecule is CC(C)CC(CC(=O)NO)C(=O)N[C@@H](Cc1cnc[nH]1)C(=O)N[C@H](C(=O)NCC(=O)NCC(=O)N[C@@H](CCCCNC(=O)CCCC[C@@H]1SC[C@@H]2NC(=O)N[C@@H]21)C(N)=O)[C@@H](C)O. The minimum Gasteiger partial charge on any atom is -0.391 e. The first-order valence-corrected chi connectivity index (χ1v) is 21.8. The van der Waals surface area contributed by atoms with E-state index in [0.29, 0.717) is 36.8 Å². The minimum absolute atomic E-state index is 0.0251. The third-order valence-electron chi connectivity index (χ3n) is 10.2. The van der Waals surface area contributed by atoms with Gasteiger partial charge in [0.05, 0.1) is 37.6 Å². The number of imidazole rings is 1. The topological polar surface area (TPSA) is 357 Å². The van der Waals surface area contributed by atoms with Gasteiger partial charge in [-0.15, -0.1) is 0 Å². The largest absolute Gasteiger partial charge is 0.391 e. The second-order valence-corrected chi connectivity index (χ2v) is 17.1. The van der Waals surface area contributed by atoms with E-state index in [1.165, 1.54) is 24.9 Å². The van der Waals surface area contributed by atoms with Crippen LogP contribution in [0.1, 0.15) is 84.3 Å². The van der Waals surface area contributed by atoms with Gasteiger partial charge in [-0.2, -0.15) is 11.8 Å². The Labute approximate surface area is 363 Å². The molecule has 24 heteroatoms. The van der Waals surface area contributed by atoms with Crippen LogP contribution >= 0.6 is 11.8 Å². The number of thioether (sulfide) groups is 1. The van der Waals surface area contributed by atoms with Crippen molar-refractivity contribution in [1.29, 1.82) is 0 Å². The average molecular weight is 895 g/mol. The number of aromatic nitrogens is 2. The summed E-state index contributed by atoms with van der Waals surface area (Å²) in [5.41, 5.74) is 7.40. The molecule has 3 heterocycles. The zero-order valence-corrected chi connectivity index (χ0v) is 36.1. The lowest BCUT2D eigenvalue weighted by Gasteiger charge is -2.26. The van der Waals surface area contributed by atoms with Gasteiger partial charge in [0.1, 0.15) is 18.1 Å². The molecule has 1 aromatic heterocycles. The Bertz CT molecular complexity index is 1700. The molecule has 1 unspecified atom stereocenters. The summed E-state index contributed by atoms with van der Waals surface area (Å²) in [6, 6.07) is -3.77. The van der Waals surface area contributed by atoms with Gasteiger partial charge in [-0.05, 0) is 51.4 Å². The van der Waals surface area contributed by atoms with E-state index in [4.69, 9.17) is 10.9 Å². The Morgan fingerprint density at radius 2 is 1.60 bits per heavy atom. The zero-order chi connectivity index (χ0) is 45.8. The number of H-pyrrole nitrogens is 1. The Hall–Kier alpha value is -5.49. The van der Waals surface area contributed by atoms with Crippen molar-refractivity contribution in [1.82, 2.24) is 58.0 Å². The molecule has 2 aliphatic rings. The van der Waals surface area contributed by atoms with E-state index in [0.717, 1.165) is 25.0 Å². The maximum atomic E-state index is 13.5. The first kappa shape index (κ1) is 50.9. The number of aliphatic hydroxyl groups excluding tert-OH is 1. The number of aromatic amines is 1. The van der Waals surface area contributed by atoms with Gasteiger partial charge in [-0.1, -0.05) is 20.3 Å². The molecule has 1 aromatic rings. The molecule has 0 saturated carbocycles. The highest BCUT2D eigenvalue weighted by Gasteiger charge is 2.42. The molecule has 62 heavy (non-hydrogen) atoms. The maximum absolute atomic E-state index is 13.5. The monoisotopic (exact) mass is 894 g/mol. The Morgan fingerprint density at radius 3 is 2.26 bits per heavy atom. The number of hydroxylamine groups is 1. The summed E-state index contributed by atoms with van der Waals surface area (Å²) < 4.78 is 0. The number of unbranched alkanes of at least 4 members (excludes halogenated alkanes) is 2. The number of hydrogen-bond acceptors (Lipinski definition) is 13. The van der Waals surface area contributed by atoms with Crippen LogP contribution in [-0.4, -0.2) is 141 Å². The van der Waals surface area contributed by atoms with E-state index in [-0.39, 0.29) is 55.6 Å². The molecule has 2 fully saturated rings. The summed E-state index contributed by atoms with van der Waals surface area (Å²) >= 11 is 1.83. The molecule has 8 atom stereocenters. The van der Waals surface area contributed by atoms with Crippen LogP contribution in [0.25, 0.3) is 0 Å². The predicted octanol–water partition coefficient (Wildman–Crippen LogP) is -2.92. The molecule has 0 radical (unpaired) electrons. The first-order valence-electron chi connectivity index (χ1n) is 20.7. The van der Waals surface area contributed by atoms with E-state index < -0.39 is 84.6 Å². The fourth-order valence-electron chi connectivity index (χ4n) is 7.01. The van der Waals surface area contributed by atoms with Gasteiger partial charge in [-0.25, -0.2) is 15.3 Å². The summed E-state index contributed by atoms with van der Waals surface area (Å²) in [6.07, 6.45) is 5.09. The molecule has 0 aromatic carbocycles. The van der Waals surface area contributed by atoms with E-state index in [1.807, 2.05) is 25.6 Å². The lowest BCUT2D eigenvalue weighted by atomic mass is 9.92. The molecule has 346 valence electrons. The Morgan fingerprint density at radius 1 is 0.855 bits per heavy atom. The summed E-state index contributed by atoms with van der Waals surface area (Å²) in [4.78, 5) is 119. The second kappa shape index (κ2) is 26.1. The third-order valence-corrected chi connectivity index (χ3v) is 11.7. The van der Waals surface area contributed by atoms with Crippen LogP contribution < -0.4 is 53.7 Å². The van der Waals surface area contributed by atoms with E-state index in [1.54, 1.807) is 0 Å². The second-order valence-electron chi connectivity index (χ2n) is 15.9. The van der Waals surface area contributed by atoms with E-state index >= 15 is 0 Å². The third kappa shape index (κ3) is 17.8. The summed E-state index contributed by atoms with van der Waals surface area (Å²) in [5.74, 6) is -5.78. The summed E-state index contributed by atoms with van der Waals surface area (Å²) in [5, 5.41) is 40.4. The van der Waals surface area contributed by atoms with Crippen molar-refractivity contribution in [3.05, 3.63) is 18.2 Å². The van der Waals surface area contributed by atoms with Crippen molar-refractivity contribution in [2.24, 2.45) is 17.6 Å².